The van der Waals surface area contributed by atoms with E-state index in [0.717, 1.165) is 50.0 Å². The molecule has 2 heterocycles. The lowest BCUT2D eigenvalue weighted by Gasteiger charge is -2.20. The molecule has 0 atom stereocenters. The summed E-state index contributed by atoms with van der Waals surface area (Å²) in [4.78, 5) is 5.16. The van der Waals surface area contributed by atoms with Gasteiger partial charge in [-0.05, 0) is 52.2 Å². The van der Waals surface area contributed by atoms with Crippen LogP contribution in [0.15, 0.2) is 150 Å². The van der Waals surface area contributed by atoms with Gasteiger partial charge in [0.1, 0.15) is 17.0 Å². The zero-order valence-corrected chi connectivity index (χ0v) is 22.7. The van der Waals surface area contributed by atoms with Gasteiger partial charge in [-0.15, -0.1) is 0 Å². The molecule has 0 radical (unpaired) electrons. The van der Waals surface area contributed by atoms with E-state index in [2.05, 4.69) is 138 Å². The summed E-state index contributed by atoms with van der Waals surface area (Å²) in [6.07, 6.45) is 0. The molecule has 9 rings (SSSR count). The normalized spacial score (nSPS) is 11.8. The molecule has 0 bridgehead atoms. The van der Waals surface area contributed by atoms with Gasteiger partial charge in [-0.2, -0.15) is 0 Å². The second-order valence-electron chi connectivity index (χ2n) is 10.7. The van der Waals surface area contributed by atoms with Gasteiger partial charge >= 0.3 is 0 Å². The number of hydrogen-bond acceptors (Lipinski definition) is 2. The van der Waals surface area contributed by atoms with E-state index in [9.17, 15) is 0 Å². The number of rotatable bonds is 3. The number of furan rings is 1. The maximum atomic E-state index is 6.17. The Hall–Kier alpha value is -5.67. The van der Waals surface area contributed by atoms with Crippen molar-refractivity contribution in [2.75, 3.05) is 0 Å². The van der Waals surface area contributed by atoms with Gasteiger partial charge in [0.25, 0.3) is 0 Å². The molecule has 42 heavy (non-hydrogen) atoms. The zero-order valence-electron chi connectivity index (χ0n) is 22.7. The third-order valence-corrected chi connectivity index (χ3v) is 8.38. The molecule has 3 heteroatoms. The Morgan fingerprint density at radius 1 is 0.452 bits per heavy atom. The maximum absolute atomic E-state index is 6.17. The molecule has 0 amide bonds. The van der Waals surface area contributed by atoms with Crippen molar-refractivity contribution in [3.63, 3.8) is 0 Å². The highest BCUT2D eigenvalue weighted by Gasteiger charge is 2.22. The lowest BCUT2D eigenvalue weighted by Crippen LogP contribution is -2.01. The van der Waals surface area contributed by atoms with E-state index < -0.39 is 0 Å². The quantitative estimate of drug-likeness (QED) is 0.210. The van der Waals surface area contributed by atoms with Crippen LogP contribution in [0.3, 0.4) is 0 Å². The highest BCUT2D eigenvalue weighted by atomic mass is 16.3. The summed E-state index contributed by atoms with van der Waals surface area (Å²) in [5, 5.41) is 7.04. The molecule has 0 aliphatic heterocycles. The second-order valence-corrected chi connectivity index (χ2v) is 10.7. The zero-order chi connectivity index (χ0) is 27.6. The molecule has 0 aliphatic rings. The molecule has 7 aromatic carbocycles. The van der Waals surface area contributed by atoms with E-state index in [0.29, 0.717) is 0 Å². The molecule has 196 valence electrons. The second kappa shape index (κ2) is 8.92. The Bertz CT molecular complexity index is 2410. The van der Waals surface area contributed by atoms with E-state index >= 15 is 0 Å². The van der Waals surface area contributed by atoms with E-state index in [-0.39, 0.29) is 0 Å². The first-order chi connectivity index (χ1) is 20.8. The first-order valence-corrected chi connectivity index (χ1v) is 14.2. The molecule has 0 N–H and O–H groups in total. The summed E-state index contributed by atoms with van der Waals surface area (Å²) in [7, 11) is 0. The van der Waals surface area contributed by atoms with Crippen LogP contribution < -0.4 is 0 Å². The lowest BCUT2D eigenvalue weighted by molar-refractivity contribution is 0.669. The number of para-hydroxylation sites is 3. The minimum Gasteiger partial charge on any atom is -0.456 e. The van der Waals surface area contributed by atoms with E-state index in [1.165, 1.54) is 32.7 Å². The first kappa shape index (κ1) is 23.1. The van der Waals surface area contributed by atoms with Gasteiger partial charge in [-0.3, -0.25) is 4.57 Å². The molecule has 0 aliphatic carbocycles. The third-order valence-electron chi connectivity index (χ3n) is 8.38. The Balaban J connectivity index is 1.43. The van der Waals surface area contributed by atoms with Crippen molar-refractivity contribution < 1.29 is 4.42 Å². The molecule has 0 unspecified atom stereocenters. The van der Waals surface area contributed by atoms with E-state index in [1.54, 1.807) is 0 Å². The van der Waals surface area contributed by atoms with Gasteiger partial charge in [-0.25, -0.2) is 4.98 Å². The highest BCUT2D eigenvalue weighted by molar-refractivity contribution is 6.20. The van der Waals surface area contributed by atoms with Crippen LogP contribution in [-0.4, -0.2) is 9.55 Å². The van der Waals surface area contributed by atoms with Gasteiger partial charge in [0.15, 0.2) is 0 Å². The van der Waals surface area contributed by atoms with Crippen molar-refractivity contribution in [2.24, 2.45) is 0 Å². The summed E-state index contributed by atoms with van der Waals surface area (Å²) >= 11 is 0. The Morgan fingerprint density at radius 3 is 1.81 bits per heavy atom. The molecule has 3 nitrogen and oxygen atoms in total. The minimum atomic E-state index is 0.905. The number of benzene rings is 7. The van der Waals surface area contributed by atoms with Crippen LogP contribution in [0.25, 0.3) is 82.7 Å². The van der Waals surface area contributed by atoms with Crippen molar-refractivity contribution in [1.29, 1.82) is 0 Å². The summed E-state index contributed by atoms with van der Waals surface area (Å²) < 4.78 is 8.53. The van der Waals surface area contributed by atoms with Crippen LogP contribution >= 0.6 is 0 Å². The predicted molar refractivity (Wildman–Crippen MR) is 174 cm³/mol. The summed E-state index contributed by atoms with van der Waals surface area (Å²) in [6.45, 7) is 0. The Kier molecular flexibility index (Phi) is 4.90. The van der Waals surface area contributed by atoms with Crippen molar-refractivity contribution in [3.05, 3.63) is 146 Å². The van der Waals surface area contributed by atoms with Crippen LogP contribution in [0.2, 0.25) is 0 Å². The smallest absolute Gasteiger partial charge is 0.145 e. The summed E-state index contributed by atoms with van der Waals surface area (Å²) in [5.41, 5.74) is 8.51. The fourth-order valence-electron chi connectivity index (χ4n) is 6.57. The fraction of sp³-hybridized carbons (Fsp3) is 0. The van der Waals surface area contributed by atoms with Crippen LogP contribution in [0.5, 0.6) is 0 Å². The standard InChI is InChI=1S/C39H24N2O/c1-2-12-25(13-3-1)39-40-33-19-9-10-20-34(33)41(39)38-30-17-6-4-15-28(30)37(29-16-5-7-18-31(29)38)26-22-23-36-32(24-26)27-14-8-11-21-35(27)42-36/h1-24H. The van der Waals surface area contributed by atoms with Gasteiger partial charge < -0.3 is 4.42 Å². The molecule has 0 spiro atoms. The molecule has 9 aromatic rings. The highest BCUT2D eigenvalue weighted by Crippen LogP contribution is 2.44. The molecular weight excluding hydrogens is 512 g/mol. The summed E-state index contributed by atoms with van der Waals surface area (Å²) in [5.74, 6) is 0.936. The van der Waals surface area contributed by atoms with Crippen LogP contribution in [0.4, 0.5) is 0 Å². The van der Waals surface area contributed by atoms with Crippen molar-refractivity contribution in [2.45, 2.75) is 0 Å². The number of fused-ring (bicyclic) bond motifs is 6. The number of nitrogens with zero attached hydrogens (tertiary/aromatic N) is 2. The minimum absolute atomic E-state index is 0.905. The fourth-order valence-corrected chi connectivity index (χ4v) is 6.57. The van der Waals surface area contributed by atoms with E-state index in [1.807, 2.05) is 12.1 Å². The van der Waals surface area contributed by atoms with Gasteiger partial charge in [0.2, 0.25) is 0 Å². The van der Waals surface area contributed by atoms with E-state index in [4.69, 9.17) is 9.40 Å². The SMILES string of the molecule is c1ccc(-c2nc3ccccc3n2-c2c3ccccc3c(-c3ccc4oc5ccccc5c4c3)c3ccccc23)cc1. The monoisotopic (exact) mass is 536 g/mol. The van der Waals surface area contributed by atoms with Crippen molar-refractivity contribution in [1.82, 2.24) is 9.55 Å². The molecule has 2 aromatic heterocycles. The molecular formula is C39H24N2O. The predicted octanol–water partition coefficient (Wildman–Crippen LogP) is 10.6. The third kappa shape index (κ3) is 3.31. The number of imidazole rings is 1. The van der Waals surface area contributed by atoms with Crippen LogP contribution in [0.1, 0.15) is 0 Å². The topological polar surface area (TPSA) is 31.0 Å². The van der Waals surface area contributed by atoms with Crippen LogP contribution in [0, 0.1) is 0 Å². The molecule has 0 saturated carbocycles. The van der Waals surface area contributed by atoms with Crippen molar-refractivity contribution >= 4 is 54.5 Å². The largest absolute Gasteiger partial charge is 0.456 e. The molecule has 0 saturated heterocycles. The first-order valence-electron chi connectivity index (χ1n) is 14.2. The lowest BCUT2D eigenvalue weighted by atomic mass is 9.90. The Morgan fingerprint density at radius 2 is 1.05 bits per heavy atom. The van der Waals surface area contributed by atoms with Gasteiger partial charge in [0, 0.05) is 27.1 Å². The summed E-state index contributed by atoms with van der Waals surface area (Å²) in [6, 6.07) is 51.3. The average molecular weight is 537 g/mol. The maximum Gasteiger partial charge on any atom is 0.145 e. The number of aromatic nitrogens is 2. The average Bonchev–Trinajstić information content (AvgIpc) is 3.62. The molecule has 0 fully saturated rings. The van der Waals surface area contributed by atoms with Crippen molar-refractivity contribution in [3.8, 4) is 28.2 Å². The van der Waals surface area contributed by atoms with Gasteiger partial charge in [-0.1, -0.05) is 115 Å². The van der Waals surface area contributed by atoms with Gasteiger partial charge in [0.05, 0.1) is 16.7 Å². The Labute approximate surface area is 241 Å². The number of hydrogen-bond donors (Lipinski definition) is 0. The van der Waals surface area contributed by atoms with Crippen LogP contribution in [-0.2, 0) is 0 Å².